The second kappa shape index (κ2) is 8.73. The maximum absolute atomic E-state index is 14.0. The van der Waals surface area contributed by atoms with Crippen molar-refractivity contribution in [2.75, 3.05) is 22.9 Å². The van der Waals surface area contributed by atoms with Gasteiger partial charge in [-0.05, 0) is 43.7 Å². The molecule has 7 heteroatoms. The van der Waals surface area contributed by atoms with Gasteiger partial charge in [-0.1, -0.05) is 32.9 Å². The summed E-state index contributed by atoms with van der Waals surface area (Å²) in [5, 5.41) is 10.7. The van der Waals surface area contributed by atoms with E-state index in [2.05, 4.69) is 4.90 Å². The molecule has 1 amide bonds. The number of ketones is 1. The number of anilines is 2. The number of hydrogen-bond acceptors (Lipinski definition) is 4. The molecule has 1 unspecified atom stereocenters. The molecule has 32 heavy (non-hydrogen) atoms. The first kappa shape index (κ1) is 23.4. The Morgan fingerprint density at radius 1 is 1.03 bits per heavy atom. The zero-order valence-electron chi connectivity index (χ0n) is 18.9. The lowest BCUT2D eigenvalue weighted by atomic mass is 9.82. The van der Waals surface area contributed by atoms with Gasteiger partial charge in [-0.3, -0.25) is 14.5 Å². The first-order chi connectivity index (χ1) is 15.0. The second-order valence-electron chi connectivity index (χ2n) is 8.78. The van der Waals surface area contributed by atoms with Crippen LogP contribution in [0.4, 0.5) is 20.2 Å². The third-order valence-electron chi connectivity index (χ3n) is 5.65. The third kappa shape index (κ3) is 4.11. The summed E-state index contributed by atoms with van der Waals surface area (Å²) in [7, 11) is 0. The fourth-order valence-corrected chi connectivity index (χ4v) is 3.91. The van der Waals surface area contributed by atoms with Gasteiger partial charge in [0.1, 0.15) is 0 Å². The molecule has 3 rings (SSSR count). The highest BCUT2D eigenvalue weighted by molar-refractivity contribution is 6.17. The molecule has 1 heterocycles. The SMILES string of the molecule is CCN(CC)c1ccc(C2C(C(=O)C(C)(C)C)=C(O)C(=O)N2c2ccc(F)c(F)c2)cc1. The maximum Gasteiger partial charge on any atom is 0.294 e. The van der Waals surface area contributed by atoms with Gasteiger partial charge in [0.2, 0.25) is 0 Å². The highest BCUT2D eigenvalue weighted by Gasteiger charge is 2.46. The number of hydrogen-bond donors (Lipinski definition) is 1. The van der Waals surface area contributed by atoms with E-state index in [9.17, 15) is 23.5 Å². The number of rotatable bonds is 6. The Hall–Kier alpha value is -3.22. The van der Waals surface area contributed by atoms with Gasteiger partial charge in [-0.2, -0.15) is 0 Å². The van der Waals surface area contributed by atoms with E-state index in [1.165, 1.54) is 6.07 Å². The van der Waals surface area contributed by atoms with Crippen molar-refractivity contribution in [3.63, 3.8) is 0 Å². The van der Waals surface area contributed by atoms with Crippen LogP contribution in [0.1, 0.15) is 46.2 Å². The number of aliphatic hydroxyl groups is 1. The minimum absolute atomic E-state index is 0.0509. The van der Waals surface area contributed by atoms with Crippen molar-refractivity contribution in [1.82, 2.24) is 0 Å². The molecule has 0 saturated heterocycles. The number of aliphatic hydroxyl groups excluding tert-OH is 1. The van der Waals surface area contributed by atoms with Crippen molar-refractivity contribution < 1.29 is 23.5 Å². The number of benzene rings is 2. The van der Waals surface area contributed by atoms with Gasteiger partial charge in [-0.15, -0.1) is 0 Å². The fourth-order valence-electron chi connectivity index (χ4n) is 3.91. The van der Waals surface area contributed by atoms with E-state index in [0.717, 1.165) is 35.8 Å². The molecule has 5 nitrogen and oxygen atoms in total. The van der Waals surface area contributed by atoms with E-state index >= 15 is 0 Å². The molecular weight excluding hydrogens is 414 g/mol. The predicted molar refractivity (Wildman–Crippen MR) is 121 cm³/mol. The summed E-state index contributed by atoms with van der Waals surface area (Å²) >= 11 is 0. The van der Waals surface area contributed by atoms with Gasteiger partial charge < -0.3 is 10.0 Å². The van der Waals surface area contributed by atoms with Crippen molar-refractivity contribution in [3.8, 4) is 0 Å². The number of carbonyl (C=O) groups excluding carboxylic acids is 2. The second-order valence-corrected chi connectivity index (χ2v) is 8.78. The van der Waals surface area contributed by atoms with E-state index in [1.54, 1.807) is 32.9 Å². The highest BCUT2D eigenvalue weighted by atomic mass is 19.2. The lowest BCUT2D eigenvalue weighted by Crippen LogP contribution is -2.33. The van der Waals surface area contributed by atoms with Crippen LogP contribution in [0.5, 0.6) is 0 Å². The molecule has 1 atom stereocenters. The summed E-state index contributed by atoms with van der Waals surface area (Å²) in [5.41, 5.74) is 0.681. The standard InChI is InChI=1S/C25H28F2N2O3/c1-6-28(7-2)16-10-8-15(9-11-16)21-20(23(31)25(3,4)5)22(30)24(32)29(21)17-12-13-18(26)19(27)14-17/h8-14,21,30H,6-7H2,1-5H3. The zero-order chi connectivity index (χ0) is 23.8. The Morgan fingerprint density at radius 3 is 2.12 bits per heavy atom. The van der Waals surface area contributed by atoms with Crippen LogP contribution < -0.4 is 9.80 Å². The fraction of sp³-hybridized carbons (Fsp3) is 0.360. The van der Waals surface area contributed by atoms with Crippen molar-refractivity contribution >= 4 is 23.1 Å². The van der Waals surface area contributed by atoms with E-state index in [0.29, 0.717) is 5.56 Å². The van der Waals surface area contributed by atoms with Crippen molar-refractivity contribution in [2.24, 2.45) is 5.41 Å². The van der Waals surface area contributed by atoms with Crippen LogP contribution in [0.15, 0.2) is 53.8 Å². The van der Waals surface area contributed by atoms with Gasteiger partial charge in [0.05, 0.1) is 11.6 Å². The number of carbonyl (C=O) groups is 2. The molecule has 1 N–H and O–H groups in total. The van der Waals surface area contributed by atoms with Gasteiger partial charge in [-0.25, -0.2) is 8.78 Å². The maximum atomic E-state index is 14.0. The van der Waals surface area contributed by atoms with Crippen LogP contribution in [0.25, 0.3) is 0 Å². The van der Waals surface area contributed by atoms with E-state index in [4.69, 9.17) is 0 Å². The molecule has 1 aliphatic heterocycles. The Labute approximate surface area is 187 Å². The number of nitrogens with zero attached hydrogens (tertiary/aromatic N) is 2. The molecular formula is C25H28F2N2O3. The van der Waals surface area contributed by atoms with Gasteiger partial charge >= 0.3 is 0 Å². The summed E-state index contributed by atoms with van der Waals surface area (Å²) in [6, 6.07) is 9.42. The van der Waals surface area contributed by atoms with Crippen LogP contribution in [-0.4, -0.2) is 29.9 Å². The summed E-state index contributed by atoms with van der Waals surface area (Å²) in [6.45, 7) is 10.8. The van der Waals surface area contributed by atoms with Crippen LogP contribution in [0.2, 0.25) is 0 Å². The largest absolute Gasteiger partial charge is 0.503 e. The predicted octanol–water partition coefficient (Wildman–Crippen LogP) is 5.33. The lowest BCUT2D eigenvalue weighted by molar-refractivity contribution is -0.123. The monoisotopic (exact) mass is 442 g/mol. The number of Topliss-reactive ketones (excluding diaryl/α,β-unsaturated/α-hetero) is 1. The minimum Gasteiger partial charge on any atom is -0.503 e. The Kier molecular flexibility index (Phi) is 6.39. The topological polar surface area (TPSA) is 60.9 Å². The normalized spacial score (nSPS) is 16.7. The van der Waals surface area contributed by atoms with E-state index in [-0.39, 0.29) is 11.3 Å². The molecule has 1 aliphatic rings. The molecule has 0 bridgehead atoms. The molecule has 0 saturated carbocycles. The number of halogens is 2. The molecule has 0 spiro atoms. The first-order valence-corrected chi connectivity index (χ1v) is 10.6. The average Bonchev–Trinajstić information content (AvgIpc) is 3.01. The van der Waals surface area contributed by atoms with Gasteiger partial charge in [0.25, 0.3) is 5.91 Å². The first-order valence-electron chi connectivity index (χ1n) is 10.6. The molecule has 2 aromatic carbocycles. The van der Waals surface area contributed by atoms with Crippen LogP contribution in [-0.2, 0) is 9.59 Å². The molecule has 0 aromatic heterocycles. The average molecular weight is 443 g/mol. The van der Waals surface area contributed by atoms with Crippen molar-refractivity contribution in [3.05, 3.63) is 71.0 Å². The highest BCUT2D eigenvalue weighted by Crippen LogP contribution is 2.43. The van der Waals surface area contributed by atoms with Crippen LogP contribution in [0, 0.1) is 17.0 Å². The Balaban J connectivity index is 2.17. The quantitative estimate of drug-likeness (QED) is 0.657. The molecule has 0 radical (unpaired) electrons. The minimum atomic E-state index is -1.12. The summed E-state index contributed by atoms with van der Waals surface area (Å²) < 4.78 is 27.5. The summed E-state index contributed by atoms with van der Waals surface area (Å²) in [6.07, 6.45) is 0. The zero-order valence-corrected chi connectivity index (χ0v) is 18.9. The molecule has 0 fully saturated rings. The lowest BCUT2D eigenvalue weighted by Gasteiger charge is -2.29. The number of amides is 1. The molecule has 2 aromatic rings. The Morgan fingerprint density at radius 2 is 1.62 bits per heavy atom. The van der Waals surface area contributed by atoms with Gasteiger partial charge in [0, 0.05) is 35.9 Å². The Bertz CT molecular complexity index is 1070. The van der Waals surface area contributed by atoms with Crippen LogP contribution in [0.3, 0.4) is 0 Å². The molecule has 0 aliphatic carbocycles. The van der Waals surface area contributed by atoms with Crippen LogP contribution >= 0.6 is 0 Å². The van der Waals surface area contributed by atoms with E-state index < -0.39 is 40.5 Å². The van der Waals surface area contributed by atoms with Crippen molar-refractivity contribution in [2.45, 2.75) is 40.7 Å². The smallest absolute Gasteiger partial charge is 0.294 e. The summed E-state index contributed by atoms with van der Waals surface area (Å²) in [4.78, 5) is 29.6. The third-order valence-corrected chi connectivity index (χ3v) is 5.65. The summed E-state index contributed by atoms with van der Waals surface area (Å²) in [5.74, 6) is -4.08. The van der Waals surface area contributed by atoms with E-state index in [1.807, 2.05) is 26.0 Å². The van der Waals surface area contributed by atoms with Crippen molar-refractivity contribution in [1.29, 1.82) is 0 Å². The molecule has 170 valence electrons. The van der Waals surface area contributed by atoms with Gasteiger partial charge in [0.15, 0.2) is 23.2 Å².